The van der Waals surface area contributed by atoms with E-state index in [2.05, 4.69) is 0 Å². The second-order valence-corrected chi connectivity index (χ2v) is 6.92. The molecule has 3 rings (SSSR count). The van der Waals surface area contributed by atoms with Crippen LogP contribution in [-0.4, -0.2) is 55.4 Å². The maximum atomic E-state index is 11.7. The van der Waals surface area contributed by atoms with Gasteiger partial charge in [-0.1, -0.05) is 0 Å². The first-order valence-corrected chi connectivity index (χ1v) is 9.08. The summed E-state index contributed by atoms with van der Waals surface area (Å²) < 4.78 is 0. The van der Waals surface area contributed by atoms with E-state index in [-0.39, 0.29) is 50.1 Å². The Morgan fingerprint density at radius 2 is 0.515 bits per heavy atom. The molecule has 3 aromatic carbocycles. The van der Waals surface area contributed by atoms with Crippen molar-refractivity contribution in [1.82, 2.24) is 0 Å². The molecule has 0 aliphatic rings. The van der Waals surface area contributed by atoms with Crippen molar-refractivity contribution in [3.05, 3.63) is 82.4 Å². The van der Waals surface area contributed by atoms with E-state index in [1.165, 1.54) is 18.2 Å². The topological polar surface area (TPSA) is 186 Å². The third kappa shape index (κ3) is 4.85. The van der Waals surface area contributed by atoms with E-state index >= 15 is 0 Å². The maximum absolute atomic E-state index is 11.7. The SMILES string of the molecule is O=C(O)c1cc(C(=O)O)cc(-c2cc(C(=O)O)cc(-c3cc(C(=O)O)cc(C(=O)O)c3)c2)c1. The first kappa shape index (κ1) is 22.7. The van der Waals surface area contributed by atoms with Crippen molar-refractivity contribution in [1.29, 1.82) is 0 Å². The van der Waals surface area contributed by atoms with Crippen LogP contribution in [0, 0.1) is 0 Å². The van der Waals surface area contributed by atoms with Gasteiger partial charge in [0.2, 0.25) is 0 Å². The molecule has 33 heavy (non-hydrogen) atoms. The second-order valence-electron chi connectivity index (χ2n) is 6.92. The van der Waals surface area contributed by atoms with Crippen LogP contribution in [0.3, 0.4) is 0 Å². The highest BCUT2D eigenvalue weighted by Crippen LogP contribution is 2.31. The molecule has 0 aliphatic carbocycles. The lowest BCUT2D eigenvalue weighted by atomic mass is 9.92. The predicted octanol–water partition coefficient (Wildman–Crippen LogP) is 3.51. The fourth-order valence-corrected chi connectivity index (χ4v) is 3.17. The Hall–Kier alpha value is -4.99. The third-order valence-corrected chi connectivity index (χ3v) is 4.70. The molecular weight excluding hydrogens is 436 g/mol. The molecule has 0 heterocycles. The van der Waals surface area contributed by atoms with Gasteiger partial charge in [0.05, 0.1) is 27.8 Å². The van der Waals surface area contributed by atoms with Gasteiger partial charge >= 0.3 is 29.8 Å². The Morgan fingerprint density at radius 3 is 0.727 bits per heavy atom. The van der Waals surface area contributed by atoms with Gasteiger partial charge in [0.15, 0.2) is 0 Å². The predicted molar refractivity (Wildman–Crippen MR) is 112 cm³/mol. The zero-order chi connectivity index (χ0) is 24.4. The van der Waals surface area contributed by atoms with E-state index in [4.69, 9.17) is 0 Å². The smallest absolute Gasteiger partial charge is 0.335 e. The van der Waals surface area contributed by atoms with Crippen molar-refractivity contribution >= 4 is 29.8 Å². The summed E-state index contributed by atoms with van der Waals surface area (Å²) in [6.07, 6.45) is 0. The molecule has 10 nitrogen and oxygen atoms in total. The fourth-order valence-electron chi connectivity index (χ4n) is 3.17. The first-order valence-electron chi connectivity index (χ1n) is 9.08. The van der Waals surface area contributed by atoms with Crippen LogP contribution in [0.25, 0.3) is 22.3 Å². The summed E-state index contributed by atoms with van der Waals surface area (Å²) in [6.45, 7) is 0. The molecule has 0 saturated heterocycles. The van der Waals surface area contributed by atoms with E-state index in [1.807, 2.05) is 0 Å². The van der Waals surface area contributed by atoms with Crippen molar-refractivity contribution in [3.63, 3.8) is 0 Å². The molecule has 0 saturated carbocycles. The van der Waals surface area contributed by atoms with E-state index in [9.17, 15) is 49.5 Å². The van der Waals surface area contributed by atoms with Crippen LogP contribution in [0.15, 0.2) is 54.6 Å². The third-order valence-electron chi connectivity index (χ3n) is 4.70. The molecule has 0 bridgehead atoms. The fraction of sp³-hybridized carbons (Fsp3) is 0. The summed E-state index contributed by atoms with van der Waals surface area (Å²) in [5.74, 6) is -6.94. The lowest BCUT2D eigenvalue weighted by molar-refractivity contribution is 0.0676. The van der Waals surface area contributed by atoms with Crippen molar-refractivity contribution < 1.29 is 49.5 Å². The summed E-state index contributed by atoms with van der Waals surface area (Å²) in [7, 11) is 0. The van der Waals surface area contributed by atoms with E-state index in [0.717, 1.165) is 36.4 Å². The van der Waals surface area contributed by atoms with E-state index in [0.29, 0.717) is 0 Å². The van der Waals surface area contributed by atoms with E-state index in [1.54, 1.807) is 0 Å². The number of rotatable bonds is 7. The van der Waals surface area contributed by atoms with Crippen molar-refractivity contribution in [3.8, 4) is 22.3 Å². The van der Waals surface area contributed by atoms with Crippen LogP contribution in [0.4, 0.5) is 0 Å². The molecule has 0 spiro atoms. The molecule has 0 unspecified atom stereocenters. The molecule has 166 valence electrons. The summed E-state index contributed by atoms with van der Waals surface area (Å²) >= 11 is 0. The quantitative estimate of drug-likeness (QED) is 0.356. The zero-order valence-corrected chi connectivity index (χ0v) is 16.5. The first-order chi connectivity index (χ1) is 15.5. The van der Waals surface area contributed by atoms with Gasteiger partial charge in [-0.3, -0.25) is 0 Å². The Kier molecular flexibility index (Phi) is 5.93. The summed E-state index contributed by atoms with van der Waals surface area (Å²) in [6, 6.07) is 10.3. The highest BCUT2D eigenvalue weighted by Gasteiger charge is 2.17. The zero-order valence-electron chi connectivity index (χ0n) is 16.5. The van der Waals surface area contributed by atoms with Gasteiger partial charge in [-0.15, -0.1) is 0 Å². The van der Waals surface area contributed by atoms with Crippen LogP contribution in [0.2, 0.25) is 0 Å². The molecule has 10 heteroatoms. The average molecular weight is 450 g/mol. The number of aromatic carboxylic acids is 5. The number of carboxylic acids is 5. The average Bonchev–Trinajstić information content (AvgIpc) is 2.77. The highest BCUT2D eigenvalue weighted by atomic mass is 16.4. The Labute approximate surface area is 184 Å². The van der Waals surface area contributed by atoms with Gasteiger partial charge in [0.1, 0.15) is 0 Å². The Morgan fingerprint density at radius 1 is 0.333 bits per heavy atom. The number of benzene rings is 3. The Balaban J connectivity index is 2.31. The lowest BCUT2D eigenvalue weighted by Crippen LogP contribution is -2.04. The van der Waals surface area contributed by atoms with Gasteiger partial charge in [-0.2, -0.15) is 0 Å². The molecular formula is C23H14O10. The van der Waals surface area contributed by atoms with Gasteiger partial charge in [0.25, 0.3) is 0 Å². The van der Waals surface area contributed by atoms with Crippen LogP contribution in [0.1, 0.15) is 51.8 Å². The number of hydrogen-bond acceptors (Lipinski definition) is 5. The van der Waals surface area contributed by atoms with Gasteiger partial charge in [-0.25, -0.2) is 24.0 Å². The molecule has 0 amide bonds. The molecule has 0 atom stereocenters. The molecule has 0 radical (unpaired) electrons. The molecule has 0 aliphatic heterocycles. The summed E-state index contributed by atoms with van der Waals surface area (Å²) in [4.78, 5) is 57.4. The summed E-state index contributed by atoms with van der Waals surface area (Å²) in [5.41, 5.74) is -1.18. The number of carbonyl (C=O) groups is 5. The van der Waals surface area contributed by atoms with Crippen LogP contribution >= 0.6 is 0 Å². The van der Waals surface area contributed by atoms with E-state index < -0.39 is 29.8 Å². The minimum Gasteiger partial charge on any atom is -0.478 e. The second kappa shape index (κ2) is 8.63. The van der Waals surface area contributed by atoms with Crippen molar-refractivity contribution in [2.75, 3.05) is 0 Å². The molecule has 5 N–H and O–H groups in total. The van der Waals surface area contributed by atoms with Crippen LogP contribution < -0.4 is 0 Å². The normalized spacial score (nSPS) is 10.4. The van der Waals surface area contributed by atoms with Crippen molar-refractivity contribution in [2.24, 2.45) is 0 Å². The van der Waals surface area contributed by atoms with Crippen LogP contribution in [-0.2, 0) is 0 Å². The minimum atomic E-state index is -1.39. The number of hydrogen-bond donors (Lipinski definition) is 5. The Bertz CT molecular complexity index is 1200. The molecule has 0 aromatic heterocycles. The van der Waals surface area contributed by atoms with Crippen molar-refractivity contribution in [2.45, 2.75) is 0 Å². The highest BCUT2D eigenvalue weighted by molar-refractivity contribution is 5.99. The standard InChI is InChI=1S/C23H14O10/c24-19(25)14-2-10(12-4-15(20(26)27)8-16(5-12)21(28)29)1-11(3-14)13-6-17(22(30)31)9-18(7-13)23(32)33/h1-9H,(H,24,25)(H,26,27)(H,28,29)(H,30,31)(H,32,33). The molecule has 3 aromatic rings. The largest absolute Gasteiger partial charge is 0.478 e. The van der Waals surface area contributed by atoms with Gasteiger partial charge < -0.3 is 25.5 Å². The monoisotopic (exact) mass is 450 g/mol. The van der Waals surface area contributed by atoms with Gasteiger partial charge in [0, 0.05) is 0 Å². The summed E-state index contributed by atoms with van der Waals surface area (Å²) in [5, 5.41) is 46.7. The van der Waals surface area contributed by atoms with Gasteiger partial charge in [-0.05, 0) is 76.9 Å². The molecule has 0 fully saturated rings. The minimum absolute atomic E-state index is 0.0875. The maximum Gasteiger partial charge on any atom is 0.335 e. The number of carboxylic acid groups (broad SMARTS) is 5. The lowest BCUT2D eigenvalue weighted by Gasteiger charge is -2.12. The van der Waals surface area contributed by atoms with Crippen LogP contribution in [0.5, 0.6) is 0 Å².